The van der Waals surface area contributed by atoms with Crippen LogP contribution >= 0.6 is 0 Å². The summed E-state index contributed by atoms with van der Waals surface area (Å²) >= 11 is -8.01. The van der Waals surface area contributed by atoms with Crippen LogP contribution in [0.5, 0.6) is 11.5 Å². The topological polar surface area (TPSA) is 18.5 Å². The zero-order chi connectivity index (χ0) is 48.5. The van der Waals surface area contributed by atoms with Gasteiger partial charge in [0.1, 0.15) is 0 Å². The van der Waals surface area contributed by atoms with Crippen molar-refractivity contribution in [3.8, 4) is 22.6 Å². The van der Waals surface area contributed by atoms with Crippen LogP contribution in [0, 0.1) is 0 Å². The van der Waals surface area contributed by atoms with Crippen molar-refractivity contribution in [2.75, 3.05) is 0 Å². The van der Waals surface area contributed by atoms with Gasteiger partial charge in [0.2, 0.25) is 0 Å². The fraction of sp³-hybridized carbons (Fsp3) is 0.226. The summed E-state index contributed by atoms with van der Waals surface area (Å²) < 4.78 is 26.7. The standard InChI is InChI=1S/C62H70Ge2O2Si2/c1-61(2,3)47-43-55(59(65-67(7,8)9)57(45-47)63(49-31-19-13-20-32-49,50-33-21-14-22-34-50)51-35-23-15-24-36-51)56-44-48(62(4,5)6)46-58(60(56)66-68(10,11)12)64(52-37-25-16-26-38-52,53-39-27-17-28-40-53)54-41-29-18-30-42-54/h13-46H,1-12H3. The first-order valence-electron chi connectivity index (χ1n) is 24.3. The van der Waals surface area contributed by atoms with Crippen molar-refractivity contribution in [2.24, 2.45) is 0 Å². The Labute approximate surface area is 415 Å². The predicted octanol–water partition coefficient (Wildman–Crippen LogP) is 11.1. The Morgan fingerprint density at radius 2 is 0.515 bits per heavy atom. The Morgan fingerprint density at radius 1 is 0.309 bits per heavy atom. The molecule has 0 aromatic heterocycles. The Balaban J connectivity index is 1.68. The molecule has 0 fully saturated rings. The molecule has 2 nitrogen and oxygen atoms in total. The summed E-state index contributed by atoms with van der Waals surface area (Å²) in [5, 5.41) is 0. The van der Waals surface area contributed by atoms with Gasteiger partial charge in [0.05, 0.1) is 0 Å². The normalized spacial score (nSPS) is 12.7. The molecule has 8 aromatic carbocycles. The van der Waals surface area contributed by atoms with Gasteiger partial charge in [-0.15, -0.1) is 0 Å². The van der Waals surface area contributed by atoms with Gasteiger partial charge in [-0.25, -0.2) is 0 Å². The van der Waals surface area contributed by atoms with Crippen LogP contribution < -0.4 is 44.0 Å². The van der Waals surface area contributed by atoms with E-state index >= 15 is 0 Å². The monoisotopic (exact) mass is 1050 g/mol. The zero-order valence-electron chi connectivity index (χ0n) is 42.4. The van der Waals surface area contributed by atoms with Crippen molar-refractivity contribution in [1.29, 1.82) is 0 Å². The van der Waals surface area contributed by atoms with Crippen molar-refractivity contribution in [1.82, 2.24) is 0 Å². The molecule has 0 bridgehead atoms. The van der Waals surface area contributed by atoms with Gasteiger partial charge in [-0.3, -0.25) is 0 Å². The van der Waals surface area contributed by atoms with E-state index in [1.54, 1.807) is 0 Å². The molecule has 0 saturated heterocycles. The minimum absolute atomic E-state index is 0.205. The zero-order valence-corrected chi connectivity index (χ0v) is 48.6. The molecule has 0 amide bonds. The summed E-state index contributed by atoms with van der Waals surface area (Å²) in [6, 6.07) is 78.6. The third-order valence-corrected chi connectivity index (χ3v) is 34.7. The number of rotatable bonds is 13. The van der Waals surface area contributed by atoms with Crippen LogP contribution in [0.25, 0.3) is 11.1 Å². The predicted molar refractivity (Wildman–Crippen MR) is 304 cm³/mol. The fourth-order valence-corrected chi connectivity index (χ4v) is 32.7. The van der Waals surface area contributed by atoms with E-state index in [1.165, 1.54) is 46.3 Å². The summed E-state index contributed by atoms with van der Waals surface area (Å²) in [6.07, 6.45) is 0. The van der Waals surface area contributed by atoms with Crippen molar-refractivity contribution in [3.05, 3.63) is 217 Å². The number of hydrogen-bond acceptors (Lipinski definition) is 2. The van der Waals surface area contributed by atoms with E-state index in [1.807, 2.05) is 0 Å². The van der Waals surface area contributed by atoms with Gasteiger partial charge >= 0.3 is 419 Å². The number of benzene rings is 8. The molecule has 0 radical (unpaired) electrons. The van der Waals surface area contributed by atoms with Crippen LogP contribution in [0.3, 0.4) is 0 Å². The molecule has 0 aliphatic heterocycles. The summed E-state index contributed by atoms with van der Waals surface area (Å²) in [5.41, 5.74) is 4.41. The van der Waals surface area contributed by atoms with E-state index in [0.29, 0.717) is 0 Å². The molecule has 68 heavy (non-hydrogen) atoms. The van der Waals surface area contributed by atoms with Crippen molar-refractivity contribution in [3.63, 3.8) is 0 Å². The Morgan fingerprint density at radius 3 is 0.691 bits per heavy atom. The van der Waals surface area contributed by atoms with Crippen LogP contribution in [0.1, 0.15) is 52.7 Å². The Hall–Kier alpha value is -5.12. The molecule has 0 atom stereocenters. The van der Waals surface area contributed by atoms with Gasteiger partial charge in [-0.2, -0.15) is 0 Å². The minimum atomic E-state index is -4.00. The van der Waals surface area contributed by atoms with E-state index in [4.69, 9.17) is 8.85 Å². The summed E-state index contributed by atoms with van der Waals surface area (Å²) in [5.74, 6) is 2.01. The van der Waals surface area contributed by atoms with Crippen LogP contribution in [0.2, 0.25) is 39.3 Å². The molecule has 0 spiro atoms. The molecule has 346 valence electrons. The van der Waals surface area contributed by atoms with Crippen LogP contribution in [0.15, 0.2) is 206 Å². The average molecular weight is 1050 g/mol. The second-order valence-electron chi connectivity index (χ2n) is 22.4. The molecule has 6 heteroatoms. The summed E-state index contributed by atoms with van der Waals surface area (Å²) in [4.78, 5) is 0. The molecule has 0 saturated carbocycles. The first-order chi connectivity index (χ1) is 32.2. The molecular formula is C62H70Ge2O2Si2. The van der Waals surface area contributed by atoms with E-state index in [0.717, 1.165) is 22.6 Å². The van der Waals surface area contributed by atoms with Gasteiger partial charge in [0.15, 0.2) is 0 Å². The first kappa shape index (κ1) is 49.3. The molecule has 0 heterocycles. The van der Waals surface area contributed by atoms with E-state index in [2.05, 4.69) is 287 Å². The average Bonchev–Trinajstić information content (AvgIpc) is 3.31. The SMILES string of the molecule is CC(C)(C)c1cc(-c2cc(C(C)(C)C)c[c]([Ge]([c]3ccccc3)([c]3ccccc3)[c]3ccccc3)c2O[Si](C)(C)C)c(O[Si](C)(C)C)[c]([Ge]([c]2ccccc2)([c]2ccccc2)[c]2ccccc2)c1. The summed E-state index contributed by atoms with van der Waals surface area (Å²) in [7, 11) is -4.70. The molecule has 0 N–H and O–H groups in total. The van der Waals surface area contributed by atoms with E-state index in [9.17, 15) is 0 Å². The maximum absolute atomic E-state index is 7.90. The van der Waals surface area contributed by atoms with E-state index in [-0.39, 0.29) is 10.8 Å². The van der Waals surface area contributed by atoms with Crippen molar-refractivity contribution >= 4 is 78.3 Å². The van der Waals surface area contributed by atoms with Gasteiger partial charge in [0.25, 0.3) is 0 Å². The molecule has 0 aliphatic rings. The van der Waals surface area contributed by atoms with Crippen LogP contribution in [0.4, 0.5) is 0 Å². The fourth-order valence-electron chi connectivity index (χ4n) is 9.98. The maximum atomic E-state index is 7.90. The number of hydrogen-bond donors (Lipinski definition) is 0. The van der Waals surface area contributed by atoms with E-state index < -0.39 is 43.2 Å². The molecule has 0 aliphatic carbocycles. The van der Waals surface area contributed by atoms with Gasteiger partial charge < -0.3 is 0 Å². The Kier molecular flexibility index (Phi) is 14.0. The molecule has 0 unspecified atom stereocenters. The molecular weight excluding hydrogens is 978 g/mol. The first-order valence-corrected chi connectivity index (χ1v) is 39.5. The van der Waals surface area contributed by atoms with Crippen molar-refractivity contribution in [2.45, 2.75) is 91.7 Å². The van der Waals surface area contributed by atoms with Crippen molar-refractivity contribution < 1.29 is 8.85 Å². The molecule has 8 aromatic rings. The third-order valence-electron chi connectivity index (χ3n) is 13.1. The van der Waals surface area contributed by atoms with Crippen LogP contribution in [-0.2, 0) is 10.8 Å². The van der Waals surface area contributed by atoms with Gasteiger partial charge in [0, 0.05) is 0 Å². The molecule has 8 rings (SSSR count). The quantitative estimate of drug-likeness (QED) is 0.107. The second-order valence-corrected chi connectivity index (χ2v) is 47.1. The van der Waals surface area contributed by atoms with Crippen LogP contribution in [-0.4, -0.2) is 43.2 Å². The van der Waals surface area contributed by atoms with Gasteiger partial charge in [-0.05, 0) is 0 Å². The third kappa shape index (κ3) is 9.85. The van der Waals surface area contributed by atoms with Gasteiger partial charge in [-0.1, -0.05) is 0 Å². The Bertz CT molecular complexity index is 2550. The second kappa shape index (κ2) is 19.3. The summed E-state index contributed by atoms with van der Waals surface area (Å²) in [6.45, 7) is 28.3.